The third-order valence-electron chi connectivity index (χ3n) is 3.28. The number of aromatic nitrogens is 2. The van der Waals surface area contributed by atoms with E-state index in [0.29, 0.717) is 10.2 Å². The number of halogens is 2. The molecular weight excluding hydrogens is 307 g/mol. The summed E-state index contributed by atoms with van der Waals surface area (Å²) in [6.07, 6.45) is 3.59. The van der Waals surface area contributed by atoms with Gasteiger partial charge in [0, 0.05) is 35.3 Å². The number of fused-ring (bicyclic) bond motifs is 2. The van der Waals surface area contributed by atoms with Gasteiger partial charge in [0.05, 0.1) is 5.52 Å². The van der Waals surface area contributed by atoms with Crippen LogP contribution in [0.25, 0.3) is 22.0 Å². The van der Waals surface area contributed by atoms with E-state index in [1.807, 2.05) is 24.3 Å². The van der Waals surface area contributed by atoms with Gasteiger partial charge in [-0.3, -0.25) is 9.36 Å². The number of hydrogen-bond donors (Lipinski definition) is 1. The summed E-state index contributed by atoms with van der Waals surface area (Å²) in [5, 5.41) is 2.03. The SMILES string of the molecule is CC(=O)n1cc2cc(Cl)[nH]cc-2ccc2cc(Cl)ccc21. The highest BCUT2D eigenvalue weighted by Gasteiger charge is 2.06. The normalized spacial score (nSPS) is 10.8. The first-order valence-electron chi connectivity index (χ1n) is 6.38. The first-order chi connectivity index (χ1) is 10.0. The number of carbonyl (C=O) groups excluding carboxylic acids is 1. The van der Waals surface area contributed by atoms with Crippen molar-refractivity contribution in [2.75, 3.05) is 0 Å². The van der Waals surface area contributed by atoms with E-state index < -0.39 is 0 Å². The highest BCUT2D eigenvalue weighted by atomic mass is 35.5. The molecule has 0 saturated carbocycles. The minimum absolute atomic E-state index is 0.0798. The van der Waals surface area contributed by atoms with E-state index in [1.54, 1.807) is 29.1 Å². The summed E-state index contributed by atoms with van der Waals surface area (Å²) in [5.74, 6) is -0.0798. The van der Waals surface area contributed by atoms with Crippen molar-refractivity contribution in [1.29, 1.82) is 0 Å². The van der Waals surface area contributed by atoms with Crippen molar-refractivity contribution in [3.8, 4) is 11.1 Å². The zero-order valence-electron chi connectivity index (χ0n) is 11.2. The molecule has 0 aromatic heterocycles. The number of benzene rings is 1. The monoisotopic (exact) mass is 318 g/mol. The third kappa shape index (κ3) is 2.75. The van der Waals surface area contributed by atoms with Gasteiger partial charge in [-0.1, -0.05) is 35.3 Å². The molecule has 2 heterocycles. The largest absolute Gasteiger partial charge is 0.352 e. The van der Waals surface area contributed by atoms with Gasteiger partial charge < -0.3 is 4.98 Å². The lowest BCUT2D eigenvalue weighted by molar-refractivity contribution is 0.0941. The average Bonchev–Trinajstić information content (AvgIpc) is 2.42. The van der Waals surface area contributed by atoms with Crippen LogP contribution in [0.15, 0.2) is 48.8 Å². The first-order valence-corrected chi connectivity index (χ1v) is 7.14. The van der Waals surface area contributed by atoms with Crippen LogP contribution in [0.5, 0.6) is 0 Å². The van der Waals surface area contributed by atoms with E-state index >= 15 is 0 Å². The molecule has 21 heavy (non-hydrogen) atoms. The van der Waals surface area contributed by atoms with Gasteiger partial charge in [0.25, 0.3) is 0 Å². The molecule has 0 bridgehead atoms. The standard InChI is InChI=1S/C16H12Cl2N2O/c1-10(21)20-9-13-7-16(18)19-8-12(13)3-2-11-6-14(17)4-5-15(11)20/h2-9,19H,1H3. The summed E-state index contributed by atoms with van der Waals surface area (Å²) in [5.41, 5.74) is 2.60. The Bertz CT molecular complexity index is 862. The highest BCUT2D eigenvalue weighted by Crippen LogP contribution is 2.25. The van der Waals surface area contributed by atoms with Crippen molar-refractivity contribution in [1.82, 2.24) is 9.55 Å². The lowest BCUT2D eigenvalue weighted by atomic mass is 10.1. The molecular formula is C16H12Cl2N2O. The number of nitrogens with zero attached hydrogens (tertiary/aromatic N) is 1. The Morgan fingerprint density at radius 3 is 2.67 bits per heavy atom. The molecule has 0 aliphatic carbocycles. The van der Waals surface area contributed by atoms with Gasteiger partial charge in [0.1, 0.15) is 5.15 Å². The van der Waals surface area contributed by atoms with Crippen LogP contribution in [0, 0.1) is 0 Å². The fourth-order valence-corrected chi connectivity index (χ4v) is 2.63. The maximum atomic E-state index is 12.0. The number of nitrogens with one attached hydrogen (secondary N) is 1. The topological polar surface area (TPSA) is 37.8 Å². The van der Waals surface area contributed by atoms with E-state index in [4.69, 9.17) is 23.2 Å². The highest BCUT2D eigenvalue weighted by molar-refractivity contribution is 6.31. The average molecular weight is 319 g/mol. The first kappa shape index (κ1) is 14.0. The Hall–Kier alpha value is -1.97. The van der Waals surface area contributed by atoms with Crippen LogP contribution in [-0.2, 0) is 0 Å². The van der Waals surface area contributed by atoms with Crippen molar-refractivity contribution in [2.24, 2.45) is 0 Å². The lowest BCUT2D eigenvalue weighted by Gasteiger charge is -2.10. The maximum Gasteiger partial charge on any atom is 0.227 e. The molecule has 0 spiro atoms. The molecule has 0 atom stereocenters. The van der Waals surface area contributed by atoms with Crippen LogP contribution in [0.3, 0.4) is 0 Å². The van der Waals surface area contributed by atoms with Gasteiger partial charge in [-0.2, -0.15) is 0 Å². The van der Waals surface area contributed by atoms with Gasteiger partial charge in [-0.15, -0.1) is 0 Å². The third-order valence-corrected chi connectivity index (χ3v) is 3.73. The summed E-state index contributed by atoms with van der Waals surface area (Å²) in [7, 11) is 0. The van der Waals surface area contributed by atoms with Crippen molar-refractivity contribution < 1.29 is 4.79 Å². The molecule has 3 nitrogen and oxygen atoms in total. The Kier molecular flexibility index (Phi) is 3.62. The fourth-order valence-electron chi connectivity index (χ4n) is 2.27. The molecule has 1 N–H and O–H groups in total. The summed E-state index contributed by atoms with van der Waals surface area (Å²) in [6, 6.07) is 11.1. The van der Waals surface area contributed by atoms with E-state index in [9.17, 15) is 4.79 Å². The van der Waals surface area contributed by atoms with Crippen LogP contribution >= 0.6 is 23.2 Å². The molecule has 5 heteroatoms. The van der Waals surface area contributed by atoms with Crippen molar-refractivity contribution >= 4 is 40.0 Å². The van der Waals surface area contributed by atoms with E-state index in [0.717, 1.165) is 22.0 Å². The summed E-state index contributed by atoms with van der Waals surface area (Å²) in [6.45, 7) is 1.52. The lowest BCUT2D eigenvalue weighted by Crippen LogP contribution is -2.06. The number of hydrogen-bond acceptors (Lipinski definition) is 1. The molecule has 1 aromatic rings. The second-order valence-corrected chi connectivity index (χ2v) is 5.59. The maximum absolute atomic E-state index is 12.0. The molecule has 2 aliphatic heterocycles. The molecule has 106 valence electrons. The van der Waals surface area contributed by atoms with Crippen LogP contribution < -0.4 is 0 Å². The Balaban J connectivity index is 2.50. The number of H-pyrrole nitrogens is 1. The molecule has 2 aliphatic rings. The Morgan fingerprint density at radius 1 is 1.10 bits per heavy atom. The smallest absolute Gasteiger partial charge is 0.227 e. The van der Waals surface area contributed by atoms with Gasteiger partial charge in [-0.05, 0) is 29.8 Å². The zero-order valence-corrected chi connectivity index (χ0v) is 12.7. The van der Waals surface area contributed by atoms with E-state index in [1.165, 1.54) is 6.92 Å². The van der Waals surface area contributed by atoms with Gasteiger partial charge in [0.2, 0.25) is 5.91 Å². The fraction of sp³-hybridized carbons (Fsp3) is 0.0625. The minimum atomic E-state index is -0.0798. The van der Waals surface area contributed by atoms with Crippen LogP contribution in [0.2, 0.25) is 10.2 Å². The minimum Gasteiger partial charge on any atom is -0.352 e. The quantitative estimate of drug-likeness (QED) is 0.571. The molecule has 1 aromatic carbocycles. The zero-order chi connectivity index (χ0) is 15.0. The van der Waals surface area contributed by atoms with E-state index in [-0.39, 0.29) is 5.91 Å². The molecule has 0 radical (unpaired) electrons. The molecule has 0 fully saturated rings. The number of aromatic amines is 1. The molecule has 0 amide bonds. The Morgan fingerprint density at radius 2 is 1.90 bits per heavy atom. The van der Waals surface area contributed by atoms with Crippen molar-refractivity contribution in [3.63, 3.8) is 0 Å². The van der Waals surface area contributed by atoms with Gasteiger partial charge in [-0.25, -0.2) is 0 Å². The van der Waals surface area contributed by atoms with Crippen LogP contribution in [-0.4, -0.2) is 15.5 Å². The number of pyridine rings is 1. The van der Waals surface area contributed by atoms with Crippen LogP contribution in [0.4, 0.5) is 0 Å². The number of rotatable bonds is 0. The number of carbonyl (C=O) groups is 1. The second kappa shape index (κ2) is 5.43. The second-order valence-electron chi connectivity index (χ2n) is 4.75. The molecule has 0 saturated heterocycles. The van der Waals surface area contributed by atoms with Crippen LogP contribution in [0.1, 0.15) is 11.7 Å². The summed E-state index contributed by atoms with van der Waals surface area (Å²) in [4.78, 5) is 15.0. The predicted molar refractivity (Wildman–Crippen MR) is 86.9 cm³/mol. The van der Waals surface area contributed by atoms with Crippen molar-refractivity contribution in [2.45, 2.75) is 6.92 Å². The molecule has 0 unspecified atom stereocenters. The molecule has 3 rings (SSSR count). The summed E-state index contributed by atoms with van der Waals surface area (Å²) < 4.78 is 1.60. The summed E-state index contributed by atoms with van der Waals surface area (Å²) >= 11 is 12.0. The van der Waals surface area contributed by atoms with E-state index in [2.05, 4.69) is 4.98 Å². The van der Waals surface area contributed by atoms with Crippen molar-refractivity contribution in [3.05, 3.63) is 59.0 Å². The van der Waals surface area contributed by atoms with Gasteiger partial charge in [0.15, 0.2) is 0 Å². The van der Waals surface area contributed by atoms with Gasteiger partial charge >= 0.3 is 0 Å². The Labute approximate surface area is 131 Å². The predicted octanol–water partition coefficient (Wildman–Crippen LogP) is 5.17.